The standard InChI is InChI=1S/C24H12O6/c25-21-17-7-11-1-3-13(23(27)28)5-15(11)9-19(17)22(26)18-8-12-2-4-14(24(29)30)6-16(12)10-20(18)21/h1-10H,(H,27,28)(H,29,30). The Balaban J connectivity index is 1.74. The van der Waals surface area contributed by atoms with E-state index in [1.54, 1.807) is 36.4 Å². The smallest absolute Gasteiger partial charge is 0.335 e. The van der Waals surface area contributed by atoms with Gasteiger partial charge in [-0.2, -0.15) is 0 Å². The van der Waals surface area contributed by atoms with Crippen LogP contribution in [0.1, 0.15) is 52.6 Å². The lowest BCUT2D eigenvalue weighted by atomic mass is 9.81. The number of carboxylic acid groups (broad SMARTS) is 2. The molecule has 144 valence electrons. The van der Waals surface area contributed by atoms with E-state index in [2.05, 4.69) is 0 Å². The van der Waals surface area contributed by atoms with Crippen LogP contribution in [-0.4, -0.2) is 33.7 Å². The number of ketones is 2. The molecular formula is C24H12O6. The Morgan fingerprint density at radius 1 is 0.500 bits per heavy atom. The van der Waals surface area contributed by atoms with Gasteiger partial charge < -0.3 is 10.2 Å². The van der Waals surface area contributed by atoms with Crippen LogP contribution in [0.4, 0.5) is 0 Å². The maximum atomic E-state index is 13.2. The van der Waals surface area contributed by atoms with Crippen LogP contribution >= 0.6 is 0 Å². The highest BCUT2D eigenvalue weighted by molar-refractivity contribution is 6.30. The minimum absolute atomic E-state index is 0.0951. The predicted octanol–water partition coefficient (Wildman–Crippen LogP) is 4.16. The summed E-state index contributed by atoms with van der Waals surface area (Å²) >= 11 is 0. The minimum atomic E-state index is -1.07. The van der Waals surface area contributed by atoms with E-state index in [1.165, 1.54) is 24.3 Å². The summed E-state index contributed by atoms with van der Waals surface area (Å²) in [5, 5.41) is 20.8. The van der Waals surface area contributed by atoms with Crippen molar-refractivity contribution in [1.82, 2.24) is 0 Å². The molecule has 4 aromatic rings. The summed E-state index contributed by atoms with van der Waals surface area (Å²) < 4.78 is 0. The second kappa shape index (κ2) is 6.09. The summed E-state index contributed by atoms with van der Waals surface area (Å²) in [6, 6.07) is 15.3. The molecule has 0 radical (unpaired) electrons. The number of carboxylic acids is 2. The SMILES string of the molecule is O=C(O)c1ccc2cc3c(cc2c1)C(=O)c1cc2ccc(C(=O)O)cc2cc1C3=O. The number of hydrogen-bond acceptors (Lipinski definition) is 4. The Morgan fingerprint density at radius 2 is 0.833 bits per heavy atom. The molecule has 0 bridgehead atoms. The fourth-order valence-electron chi connectivity index (χ4n) is 3.90. The molecule has 0 unspecified atom stereocenters. The molecule has 0 aromatic heterocycles. The van der Waals surface area contributed by atoms with E-state index in [0.29, 0.717) is 21.5 Å². The number of carbonyl (C=O) groups is 4. The molecule has 30 heavy (non-hydrogen) atoms. The lowest BCUT2D eigenvalue weighted by Crippen LogP contribution is -2.21. The van der Waals surface area contributed by atoms with Gasteiger partial charge in [0.2, 0.25) is 0 Å². The van der Waals surface area contributed by atoms with Crippen LogP contribution in [0.2, 0.25) is 0 Å². The van der Waals surface area contributed by atoms with Gasteiger partial charge in [-0.1, -0.05) is 12.1 Å². The molecule has 2 N–H and O–H groups in total. The molecule has 1 aliphatic carbocycles. The molecule has 0 fully saturated rings. The first kappa shape index (κ1) is 17.8. The lowest BCUT2D eigenvalue weighted by molar-refractivity contribution is 0.0686. The normalized spacial score (nSPS) is 12.7. The number of rotatable bonds is 2. The molecular weight excluding hydrogens is 384 g/mol. The molecule has 1 aliphatic rings. The fourth-order valence-corrected chi connectivity index (χ4v) is 3.90. The number of carbonyl (C=O) groups excluding carboxylic acids is 2. The van der Waals surface area contributed by atoms with Crippen molar-refractivity contribution < 1.29 is 29.4 Å². The van der Waals surface area contributed by atoms with Crippen LogP contribution in [0.15, 0.2) is 60.7 Å². The number of hydrogen-bond donors (Lipinski definition) is 2. The molecule has 0 saturated heterocycles. The van der Waals surface area contributed by atoms with Crippen molar-refractivity contribution in [3.8, 4) is 0 Å². The fraction of sp³-hybridized carbons (Fsp3) is 0. The van der Waals surface area contributed by atoms with Crippen molar-refractivity contribution in [1.29, 1.82) is 0 Å². The average molecular weight is 396 g/mol. The van der Waals surface area contributed by atoms with Crippen LogP contribution < -0.4 is 0 Å². The van der Waals surface area contributed by atoms with Gasteiger partial charge in [0.05, 0.1) is 11.1 Å². The van der Waals surface area contributed by atoms with E-state index >= 15 is 0 Å². The summed E-state index contributed by atoms with van der Waals surface area (Å²) in [5.41, 5.74) is 1.14. The highest BCUT2D eigenvalue weighted by Gasteiger charge is 2.30. The Hall–Kier alpha value is -4.32. The second-order valence-corrected chi connectivity index (χ2v) is 7.19. The van der Waals surface area contributed by atoms with Crippen LogP contribution in [0.3, 0.4) is 0 Å². The van der Waals surface area contributed by atoms with Gasteiger partial charge in [0.1, 0.15) is 0 Å². The van der Waals surface area contributed by atoms with Gasteiger partial charge in [0.25, 0.3) is 0 Å². The first-order valence-corrected chi connectivity index (χ1v) is 9.05. The molecule has 0 spiro atoms. The summed E-state index contributed by atoms with van der Waals surface area (Å²) in [7, 11) is 0. The summed E-state index contributed by atoms with van der Waals surface area (Å²) in [6.45, 7) is 0. The third-order valence-electron chi connectivity index (χ3n) is 5.43. The van der Waals surface area contributed by atoms with Crippen molar-refractivity contribution in [2.24, 2.45) is 0 Å². The third-order valence-corrected chi connectivity index (χ3v) is 5.43. The molecule has 5 rings (SSSR count). The zero-order valence-electron chi connectivity index (χ0n) is 15.3. The van der Waals surface area contributed by atoms with Gasteiger partial charge in [0, 0.05) is 22.3 Å². The molecule has 6 nitrogen and oxygen atoms in total. The maximum absolute atomic E-state index is 13.2. The van der Waals surface area contributed by atoms with Crippen molar-refractivity contribution in [2.45, 2.75) is 0 Å². The van der Waals surface area contributed by atoms with Crippen LogP contribution in [0.5, 0.6) is 0 Å². The maximum Gasteiger partial charge on any atom is 0.335 e. The average Bonchev–Trinajstić information content (AvgIpc) is 2.74. The molecule has 0 saturated carbocycles. The van der Waals surface area contributed by atoms with Gasteiger partial charge >= 0.3 is 11.9 Å². The highest BCUT2D eigenvalue weighted by Crippen LogP contribution is 2.33. The van der Waals surface area contributed by atoms with E-state index in [0.717, 1.165) is 0 Å². The minimum Gasteiger partial charge on any atom is -0.478 e. The van der Waals surface area contributed by atoms with Gasteiger partial charge in [0.15, 0.2) is 11.6 Å². The van der Waals surface area contributed by atoms with Crippen LogP contribution in [0.25, 0.3) is 21.5 Å². The van der Waals surface area contributed by atoms with Crippen molar-refractivity contribution >= 4 is 45.0 Å². The van der Waals surface area contributed by atoms with Crippen molar-refractivity contribution in [3.63, 3.8) is 0 Å². The second-order valence-electron chi connectivity index (χ2n) is 7.19. The van der Waals surface area contributed by atoms with E-state index in [1.807, 2.05) is 0 Å². The summed E-state index contributed by atoms with van der Waals surface area (Å²) in [5.74, 6) is -2.80. The third kappa shape index (κ3) is 2.51. The molecule has 0 heterocycles. The lowest BCUT2D eigenvalue weighted by Gasteiger charge is -2.19. The topological polar surface area (TPSA) is 109 Å². The van der Waals surface area contributed by atoms with Crippen LogP contribution in [-0.2, 0) is 0 Å². The zero-order valence-corrected chi connectivity index (χ0v) is 15.3. The summed E-state index contributed by atoms with van der Waals surface area (Å²) in [4.78, 5) is 48.8. The monoisotopic (exact) mass is 396 g/mol. The molecule has 4 aromatic carbocycles. The number of benzene rings is 4. The summed E-state index contributed by atoms with van der Waals surface area (Å²) in [6.07, 6.45) is 0. The van der Waals surface area contributed by atoms with Gasteiger partial charge in [-0.15, -0.1) is 0 Å². The van der Waals surface area contributed by atoms with Gasteiger partial charge in [-0.25, -0.2) is 9.59 Å². The molecule has 0 atom stereocenters. The van der Waals surface area contributed by atoms with Gasteiger partial charge in [-0.05, 0) is 70.1 Å². The van der Waals surface area contributed by atoms with Crippen molar-refractivity contribution in [2.75, 3.05) is 0 Å². The van der Waals surface area contributed by atoms with E-state index in [9.17, 15) is 29.4 Å². The number of aromatic carboxylic acids is 2. The Kier molecular flexibility index (Phi) is 3.60. The quantitative estimate of drug-likeness (QED) is 0.464. The van der Waals surface area contributed by atoms with E-state index in [-0.39, 0.29) is 44.9 Å². The van der Waals surface area contributed by atoms with E-state index in [4.69, 9.17) is 0 Å². The highest BCUT2D eigenvalue weighted by atomic mass is 16.4. The molecule has 0 amide bonds. The molecule has 0 aliphatic heterocycles. The first-order chi connectivity index (χ1) is 14.3. The Morgan fingerprint density at radius 3 is 1.17 bits per heavy atom. The first-order valence-electron chi connectivity index (χ1n) is 9.05. The molecule has 6 heteroatoms. The largest absolute Gasteiger partial charge is 0.478 e. The van der Waals surface area contributed by atoms with Crippen LogP contribution in [0, 0.1) is 0 Å². The Bertz CT molecular complexity index is 1370. The van der Waals surface area contributed by atoms with E-state index < -0.39 is 11.9 Å². The van der Waals surface area contributed by atoms with Gasteiger partial charge in [-0.3, -0.25) is 9.59 Å². The Labute approximate surface area is 169 Å². The number of fused-ring (bicyclic) bond motifs is 4. The van der Waals surface area contributed by atoms with Crippen molar-refractivity contribution in [3.05, 3.63) is 94.0 Å². The zero-order chi connectivity index (χ0) is 21.2. The predicted molar refractivity (Wildman–Crippen MR) is 109 cm³/mol.